The van der Waals surface area contributed by atoms with E-state index in [1.807, 2.05) is 32.0 Å². The molecule has 1 rings (SSSR count). The van der Waals surface area contributed by atoms with Gasteiger partial charge in [-0.2, -0.15) is 0 Å². The predicted molar refractivity (Wildman–Crippen MR) is 69.3 cm³/mol. The first-order chi connectivity index (χ1) is 7.64. The van der Waals surface area contributed by atoms with Crippen molar-refractivity contribution in [3.8, 4) is 0 Å². The Bertz CT molecular complexity index is 317. The summed E-state index contributed by atoms with van der Waals surface area (Å²) in [6.07, 6.45) is 4.91. The molecule has 0 fully saturated rings. The van der Waals surface area contributed by atoms with Gasteiger partial charge in [-0.25, -0.2) is 0 Å². The number of aliphatic hydroxyl groups is 1. The Morgan fingerprint density at radius 2 is 2.00 bits per heavy atom. The fraction of sp³-hybridized carbons (Fsp3) is 0.429. The summed E-state index contributed by atoms with van der Waals surface area (Å²) in [7, 11) is 0. The van der Waals surface area contributed by atoms with Crippen LogP contribution in [0.15, 0.2) is 36.4 Å². The molecular formula is C14H21NO. The second kappa shape index (κ2) is 6.46. The first kappa shape index (κ1) is 12.9. The van der Waals surface area contributed by atoms with E-state index in [1.54, 1.807) is 0 Å². The largest absolute Gasteiger partial charge is 0.389 e. The van der Waals surface area contributed by atoms with Crippen LogP contribution in [0.5, 0.6) is 0 Å². The Morgan fingerprint density at radius 1 is 1.31 bits per heavy atom. The Labute approximate surface area is 98.0 Å². The average molecular weight is 219 g/mol. The Kier molecular flexibility index (Phi) is 5.23. The Hall–Kier alpha value is -1.12. The molecule has 1 unspecified atom stereocenters. The predicted octanol–water partition coefficient (Wildman–Crippen LogP) is 2.45. The van der Waals surface area contributed by atoms with Crippen molar-refractivity contribution in [3.63, 3.8) is 0 Å². The van der Waals surface area contributed by atoms with Gasteiger partial charge in [0.05, 0.1) is 5.60 Å². The van der Waals surface area contributed by atoms with Crippen molar-refractivity contribution >= 4 is 6.08 Å². The summed E-state index contributed by atoms with van der Waals surface area (Å²) in [5.74, 6) is 0. The lowest BCUT2D eigenvalue weighted by molar-refractivity contribution is 0.0569. The molecule has 0 aliphatic heterocycles. The smallest absolute Gasteiger partial charge is 0.0741 e. The molecule has 2 heteroatoms. The highest BCUT2D eigenvalue weighted by molar-refractivity contribution is 5.48. The Balaban J connectivity index is 2.24. The molecule has 0 aliphatic carbocycles. The SMILES string of the molecule is CCC(C)(O)CNCC=Cc1ccccc1. The number of nitrogens with one attached hydrogen (secondary N) is 1. The average Bonchev–Trinajstić information content (AvgIpc) is 2.30. The third kappa shape index (κ3) is 5.10. The second-order valence-corrected chi connectivity index (χ2v) is 4.29. The van der Waals surface area contributed by atoms with Crippen molar-refractivity contribution in [3.05, 3.63) is 42.0 Å². The number of hydrogen-bond acceptors (Lipinski definition) is 2. The van der Waals surface area contributed by atoms with Gasteiger partial charge in [-0.15, -0.1) is 0 Å². The van der Waals surface area contributed by atoms with Gasteiger partial charge in [0.2, 0.25) is 0 Å². The van der Waals surface area contributed by atoms with E-state index in [9.17, 15) is 5.11 Å². The van der Waals surface area contributed by atoms with Gasteiger partial charge < -0.3 is 10.4 Å². The monoisotopic (exact) mass is 219 g/mol. The Morgan fingerprint density at radius 3 is 2.62 bits per heavy atom. The van der Waals surface area contributed by atoms with Crippen LogP contribution in [0.3, 0.4) is 0 Å². The second-order valence-electron chi connectivity index (χ2n) is 4.29. The van der Waals surface area contributed by atoms with Gasteiger partial charge in [0.25, 0.3) is 0 Å². The van der Waals surface area contributed by atoms with Crippen LogP contribution in [-0.2, 0) is 0 Å². The van der Waals surface area contributed by atoms with Crippen LogP contribution in [-0.4, -0.2) is 23.8 Å². The minimum absolute atomic E-state index is 0.597. The van der Waals surface area contributed by atoms with Gasteiger partial charge in [0.1, 0.15) is 0 Å². The number of rotatable bonds is 6. The zero-order chi connectivity index (χ0) is 11.9. The third-order valence-corrected chi connectivity index (χ3v) is 2.64. The van der Waals surface area contributed by atoms with Gasteiger partial charge in [-0.1, -0.05) is 49.4 Å². The highest BCUT2D eigenvalue weighted by Gasteiger charge is 2.15. The molecule has 1 atom stereocenters. The van der Waals surface area contributed by atoms with E-state index in [1.165, 1.54) is 5.56 Å². The molecule has 0 bridgehead atoms. The minimum Gasteiger partial charge on any atom is -0.389 e. The minimum atomic E-state index is -0.597. The summed E-state index contributed by atoms with van der Waals surface area (Å²) in [5, 5.41) is 13.0. The lowest BCUT2D eigenvalue weighted by atomic mass is 10.0. The van der Waals surface area contributed by atoms with Gasteiger partial charge >= 0.3 is 0 Å². The topological polar surface area (TPSA) is 32.3 Å². The maximum atomic E-state index is 9.75. The standard InChI is InChI=1S/C14H21NO/c1-3-14(2,16)12-15-11-7-10-13-8-5-4-6-9-13/h4-10,15-16H,3,11-12H2,1-2H3. The molecule has 88 valence electrons. The molecule has 0 amide bonds. The van der Waals surface area contributed by atoms with E-state index in [4.69, 9.17) is 0 Å². The molecule has 2 N–H and O–H groups in total. The van der Waals surface area contributed by atoms with Gasteiger partial charge in [-0.05, 0) is 18.9 Å². The molecule has 0 saturated carbocycles. The summed E-state index contributed by atoms with van der Waals surface area (Å²) in [6.45, 7) is 5.25. The molecule has 0 aliphatic rings. The van der Waals surface area contributed by atoms with Gasteiger partial charge in [0, 0.05) is 13.1 Å². The van der Waals surface area contributed by atoms with Crippen LogP contribution in [0.1, 0.15) is 25.8 Å². The lowest BCUT2D eigenvalue weighted by Crippen LogP contribution is -2.37. The van der Waals surface area contributed by atoms with Crippen molar-refractivity contribution in [2.75, 3.05) is 13.1 Å². The molecule has 0 radical (unpaired) electrons. The summed E-state index contributed by atoms with van der Waals surface area (Å²) < 4.78 is 0. The van der Waals surface area contributed by atoms with E-state index in [0.717, 1.165) is 13.0 Å². The van der Waals surface area contributed by atoms with E-state index in [-0.39, 0.29) is 0 Å². The maximum Gasteiger partial charge on any atom is 0.0741 e. The first-order valence-corrected chi connectivity index (χ1v) is 5.79. The fourth-order valence-electron chi connectivity index (χ4n) is 1.31. The summed E-state index contributed by atoms with van der Waals surface area (Å²) in [4.78, 5) is 0. The van der Waals surface area contributed by atoms with E-state index in [0.29, 0.717) is 6.54 Å². The highest BCUT2D eigenvalue weighted by atomic mass is 16.3. The normalized spacial score (nSPS) is 15.2. The zero-order valence-electron chi connectivity index (χ0n) is 10.1. The van der Waals surface area contributed by atoms with Crippen molar-refractivity contribution in [1.29, 1.82) is 0 Å². The molecule has 2 nitrogen and oxygen atoms in total. The van der Waals surface area contributed by atoms with Crippen LogP contribution in [0.4, 0.5) is 0 Å². The highest BCUT2D eigenvalue weighted by Crippen LogP contribution is 2.05. The van der Waals surface area contributed by atoms with Crippen LogP contribution in [0.2, 0.25) is 0 Å². The maximum absolute atomic E-state index is 9.75. The third-order valence-electron chi connectivity index (χ3n) is 2.64. The van der Waals surface area contributed by atoms with Crippen molar-refractivity contribution < 1.29 is 5.11 Å². The van der Waals surface area contributed by atoms with Crippen LogP contribution in [0.25, 0.3) is 6.08 Å². The summed E-state index contributed by atoms with van der Waals surface area (Å²) in [6, 6.07) is 10.2. The quantitative estimate of drug-likeness (QED) is 0.720. The molecule has 0 heterocycles. The zero-order valence-corrected chi connectivity index (χ0v) is 10.1. The first-order valence-electron chi connectivity index (χ1n) is 5.79. The molecule has 0 spiro atoms. The van der Waals surface area contributed by atoms with E-state index in [2.05, 4.69) is 29.6 Å². The molecule has 1 aromatic carbocycles. The van der Waals surface area contributed by atoms with Crippen LogP contribution < -0.4 is 5.32 Å². The summed E-state index contributed by atoms with van der Waals surface area (Å²) >= 11 is 0. The van der Waals surface area contributed by atoms with Gasteiger partial charge in [0.15, 0.2) is 0 Å². The molecule has 16 heavy (non-hydrogen) atoms. The van der Waals surface area contributed by atoms with Crippen LogP contribution in [0, 0.1) is 0 Å². The molecule has 0 aromatic heterocycles. The van der Waals surface area contributed by atoms with E-state index < -0.39 is 5.60 Å². The number of benzene rings is 1. The molecule has 0 saturated heterocycles. The van der Waals surface area contributed by atoms with E-state index >= 15 is 0 Å². The molecule has 1 aromatic rings. The van der Waals surface area contributed by atoms with Gasteiger partial charge in [-0.3, -0.25) is 0 Å². The molecular weight excluding hydrogens is 198 g/mol. The van der Waals surface area contributed by atoms with Crippen LogP contribution >= 0.6 is 0 Å². The van der Waals surface area contributed by atoms with Crippen molar-refractivity contribution in [1.82, 2.24) is 5.32 Å². The summed E-state index contributed by atoms with van der Waals surface area (Å²) in [5.41, 5.74) is 0.604. The number of hydrogen-bond donors (Lipinski definition) is 2. The van der Waals surface area contributed by atoms with Crippen molar-refractivity contribution in [2.45, 2.75) is 25.9 Å². The van der Waals surface area contributed by atoms with Crippen molar-refractivity contribution in [2.24, 2.45) is 0 Å². The fourth-order valence-corrected chi connectivity index (χ4v) is 1.31. The lowest BCUT2D eigenvalue weighted by Gasteiger charge is -2.20.